The first-order chi connectivity index (χ1) is 10.5. The predicted octanol–water partition coefficient (Wildman–Crippen LogP) is 1.15. The Kier molecular flexibility index (Phi) is 5.80. The van der Waals surface area contributed by atoms with Crippen LogP contribution in [0.5, 0.6) is 5.75 Å². The van der Waals surface area contributed by atoms with Crippen LogP contribution in [-0.4, -0.2) is 67.3 Å². The number of carbonyl (C=O) groups excluding carboxylic acids is 1. The van der Waals surface area contributed by atoms with Crippen molar-refractivity contribution in [3.05, 3.63) is 29.8 Å². The van der Waals surface area contributed by atoms with Gasteiger partial charge in [0, 0.05) is 19.5 Å². The standard InChI is InChI=1S/C17H26N2O3/c1-18(2)15-11-19(12-16(15)20)17(21)6-4-5-13-7-9-14(22-3)10-8-13/h7-10,15-16,20H,4-6,11-12H2,1-3H3/t15-,16-/m1/s1. The van der Waals surface area contributed by atoms with Gasteiger partial charge in [-0.3, -0.25) is 4.79 Å². The Morgan fingerprint density at radius 2 is 2.00 bits per heavy atom. The molecule has 5 nitrogen and oxygen atoms in total. The third kappa shape index (κ3) is 4.21. The number of carbonyl (C=O) groups is 1. The number of likely N-dealkylation sites (N-methyl/N-ethyl adjacent to an activating group) is 1. The lowest BCUT2D eigenvalue weighted by molar-refractivity contribution is -0.130. The first kappa shape index (κ1) is 16.8. The highest BCUT2D eigenvalue weighted by Crippen LogP contribution is 2.17. The van der Waals surface area contributed by atoms with E-state index >= 15 is 0 Å². The van der Waals surface area contributed by atoms with Crippen LogP contribution in [0.25, 0.3) is 0 Å². The molecule has 1 saturated heterocycles. The number of rotatable bonds is 6. The fraction of sp³-hybridized carbons (Fsp3) is 0.588. The van der Waals surface area contributed by atoms with Gasteiger partial charge in [0.2, 0.25) is 5.91 Å². The molecule has 0 aliphatic carbocycles. The van der Waals surface area contributed by atoms with Crippen molar-refractivity contribution in [3.8, 4) is 5.75 Å². The number of β-amino-alcohol motifs (C(OH)–C–C–N with tert-alkyl or cyclic N) is 1. The monoisotopic (exact) mass is 306 g/mol. The van der Waals surface area contributed by atoms with Gasteiger partial charge in [0.1, 0.15) is 5.75 Å². The topological polar surface area (TPSA) is 53.0 Å². The van der Waals surface area contributed by atoms with Crippen molar-refractivity contribution in [2.45, 2.75) is 31.4 Å². The van der Waals surface area contributed by atoms with E-state index in [1.807, 2.05) is 43.3 Å². The zero-order valence-corrected chi connectivity index (χ0v) is 13.7. The summed E-state index contributed by atoms with van der Waals surface area (Å²) in [5.41, 5.74) is 1.21. The Bertz CT molecular complexity index is 487. The second-order valence-electron chi connectivity index (χ2n) is 6.10. The van der Waals surface area contributed by atoms with E-state index in [0.717, 1.165) is 18.6 Å². The molecule has 5 heteroatoms. The van der Waals surface area contributed by atoms with Gasteiger partial charge in [0.15, 0.2) is 0 Å². The summed E-state index contributed by atoms with van der Waals surface area (Å²) in [4.78, 5) is 16.0. The van der Waals surface area contributed by atoms with Gasteiger partial charge in [0.05, 0.1) is 19.3 Å². The largest absolute Gasteiger partial charge is 0.497 e. The number of hydrogen-bond donors (Lipinski definition) is 1. The summed E-state index contributed by atoms with van der Waals surface area (Å²) in [7, 11) is 5.52. The van der Waals surface area contributed by atoms with Gasteiger partial charge >= 0.3 is 0 Å². The van der Waals surface area contributed by atoms with Gasteiger partial charge in [-0.1, -0.05) is 12.1 Å². The van der Waals surface area contributed by atoms with Crippen molar-refractivity contribution in [3.63, 3.8) is 0 Å². The van der Waals surface area contributed by atoms with E-state index in [9.17, 15) is 9.90 Å². The minimum absolute atomic E-state index is 0.0468. The van der Waals surface area contributed by atoms with Gasteiger partial charge < -0.3 is 19.6 Å². The second-order valence-corrected chi connectivity index (χ2v) is 6.10. The smallest absolute Gasteiger partial charge is 0.222 e. The number of methoxy groups -OCH3 is 1. The molecule has 1 fully saturated rings. The summed E-state index contributed by atoms with van der Waals surface area (Å²) < 4.78 is 5.13. The third-order valence-corrected chi connectivity index (χ3v) is 4.29. The van der Waals surface area contributed by atoms with Gasteiger partial charge in [0.25, 0.3) is 0 Å². The number of nitrogens with zero attached hydrogens (tertiary/aromatic N) is 2. The molecular formula is C17H26N2O3. The number of aryl methyl sites for hydroxylation is 1. The van der Waals surface area contributed by atoms with Crippen LogP contribution in [0.2, 0.25) is 0 Å². The fourth-order valence-electron chi connectivity index (χ4n) is 2.87. The molecule has 0 spiro atoms. The number of amides is 1. The molecule has 1 heterocycles. The zero-order valence-electron chi connectivity index (χ0n) is 13.7. The number of aliphatic hydroxyl groups excluding tert-OH is 1. The number of aliphatic hydroxyl groups is 1. The Morgan fingerprint density at radius 1 is 1.32 bits per heavy atom. The van der Waals surface area contributed by atoms with Gasteiger partial charge in [-0.15, -0.1) is 0 Å². The molecule has 2 atom stereocenters. The molecule has 1 aliphatic rings. The van der Waals surface area contributed by atoms with Crippen LogP contribution in [0, 0.1) is 0 Å². The van der Waals surface area contributed by atoms with Gasteiger partial charge in [-0.05, 0) is 44.6 Å². The van der Waals surface area contributed by atoms with Crippen LogP contribution in [0.1, 0.15) is 18.4 Å². The summed E-state index contributed by atoms with van der Waals surface area (Å²) in [6.45, 7) is 1.07. The molecular weight excluding hydrogens is 280 g/mol. The minimum Gasteiger partial charge on any atom is -0.497 e. The van der Waals surface area contributed by atoms with Crippen molar-refractivity contribution in [2.75, 3.05) is 34.3 Å². The average Bonchev–Trinajstić information content (AvgIpc) is 2.90. The predicted molar refractivity (Wildman–Crippen MR) is 86.0 cm³/mol. The van der Waals surface area contributed by atoms with Crippen molar-refractivity contribution in [1.29, 1.82) is 0 Å². The third-order valence-electron chi connectivity index (χ3n) is 4.29. The van der Waals surface area contributed by atoms with E-state index in [1.165, 1.54) is 5.56 Å². The zero-order chi connectivity index (χ0) is 16.1. The number of hydrogen-bond acceptors (Lipinski definition) is 4. The molecule has 122 valence electrons. The summed E-state index contributed by atoms with van der Waals surface area (Å²) in [5.74, 6) is 0.984. The molecule has 1 aliphatic heterocycles. The van der Waals surface area contributed by atoms with E-state index in [-0.39, 0.29) is 11.9 Å². The second kappa shape index (κ2) is 7.61. The Morgan fingerprint density at radius 3 is 2.55 bits per heavy atom. The Balaban J connectivity index is 1.76. The first-order valence-corrected chi connectivity index (χ1v) is 7.76. The van der Waals surface area contributed by atoms with Crippen molar-refractivity contribution in [2.24, 2.45) is 0 Å². The highest BCUT2D eigenvalue weighted by Gasteiger charge is 2.34. The lowest BCUT2D eigenvalue weighted by atomic mass is 10.1. The molecule has 0 radical (unpaired) electrons. The van der Waals surface area contributed by atoms with E-state index in [2.05, 4.69) is 0 Å². The van der Waals surface area contributed by atoms with Crippen LogP contribution in [-0.2, 0) is 11.2 Å². The van der Waals surface area contributed by atoms with Gasteiger partial charge in [-0.2, -0.15) is 0 Å². The summed E-state index contributed by atoms with van der Waals surface area (Å²) in [6.07, 6.45) is 1.78. The highest BCUT2D eigenvalue weighted by atomic mass is 16.5. The summed E-state index contributed by atoms with van der Waals surface area (Å²) in [6, 6.07) is 7.99. The molecule has 0 bridgehead atoms. The normalized spacial score (nSPS) is 21.4. The molecule has 1 N–H and O–H groups in total. The lowest BCUT2D eigenvalue weighted by Crippen LogP contribution is -2.38. The maximum atomic E-state index is 12.2. The molecule has 1 amide bonds. The van der Waals surface area contributed by atoms with Crippen molar-refractivity contribution >= 4 is 5.91 Å². The molecule has 0 saturated carbocycles. The lowest BCUT2D eigenvalue weighted by Gasteiger charge is -2.21. The highest BCUT2D eigenvalue weighted by molar-refractivity contribution is 5.76. The Labute approximate surface area is 132 Å². The molecule has 1 aromatic carbocycles. The maximum absolute atomic E-state index is 12.2. The van der Waals surface area contributed by atoms with Crippen LogP contribution >= 0.6 is 0 Å². The van der Waals surface area contributed by atoms with Crippen LogP contribution in [0.4, 0.5) is 0 Å². The van der Waals surface area contributed by atoms with E-state index in [0.29, 0.717) is 19.5 Å². The van der Waals surface area contributed by atoms with E-state index in [1.54, 1.807) is 12.0 Å². The minimum atomic E-state index is -0.444. The first-order valence-electron chi connectivity index (χ1n) is 7.76. The van der Waals surface area contributed by atoms with Crippen LogP contribution < -0.4 is 4.74 Å². The molecule has 0 aromatic heterocycles. The van der Waals surface area contributed by atoms with E-state index < -0.39 is 6.10 Å². The van der Waals surface area contributed by atoms with E-state index in [4.69, 9.17) is 4.74 Å². The van der Waals surface area contributed by atoms with Crippen molar-refractivity contribution in [1.82, 2.24) is 9.80 Å². The average molecular weight is 306 g/mol. The van der Waals surface area contributed by atoms with Gasteiger partial charge in [-0.25, -0.2) is 0 Å². The molecule has 22 heavy (non-hydrogen) atoms. The number of likely N-dealkylation sites (tertiary alicyclic amines) is 1. The summed E-state index contributed by atoms with van der Waals surface area (Å²) in [5, 5.41) is 9.98. The maximum Gasteiger partial charge on any atom is 0.222 e. The molecule has 1 aromatic rings. The van der Waals surface area contributed by atoms with Crippen LogP contribution in [0.3, 0.4) is 0 Å². The fourth-order valence-corrected chi connectivity index (χ4v) is 2.87. The molecule has 0 unspecified atom stereocenters. The van der Waals surface area contributed by atoms with Crippen LogP contribution in [0.15, 0.2) is 24.3 Å². The Hall–Kier alpha value is -1.59. The summed E-state index contributed by atoms with van der Waals surface area (Å²) >= 11 is 0. The molecule has 2 rings (SSSR count). The quantitative estimate of drug-likeness (QED) is 0.857. The number of ether oxygens (including phenoxy) is 1. The number of benzene rings is 1. The van der Waals surface area contributed by atoms with Crippen molar-refractivity contribution < 1.29 is 14.6 Å². The SMILES string of the molecule is COc1ccc(CCCC(=O)N2C[C@@H](O)[C@H](N(C)C)C2)cc1.